The predicted molar refractivity (Wildman–Crippen MR) is 96.7 cm³/mol. The zero-order chi connectivity index (χ0) is 19.7. The molecule has 0 radical (unpaired) electrons. The second-order valence-electron chi connectivity index (χ2n) is 5.73. The molecule has 2 aromatic heterocycles. The maximum atomic E-state index is 13.8. The summed E-state index contributed by atoms with van der Waals surface area (Å²) in [6.07, 6.45) is 1.10. The van der Waals surface area contributed by atoms with Gasteiger partial charge in [-0.25, -0.2) is 18.7 Å². The van der Waals surface area contributed by atoms with E-state index >= 15 is 0 Å². The summed E-state index contributed by atoms with van der Waals surface area (Å²) >= 11 is 0. The second-order valence-corrected chi connectivity index (χ2v) is 5.73. The summed E-state index contributed by atoms with van der Waals surface area (Å²) in [6.45, 7) is 0. The zero-order valence-corrected chi connectivity index (χ0v) is 14.0. The van der Waals surface area contributed by atoms with Crippen molar-refractivity contribution in [2.24, 2.45) is 0 Å². The summed E-state index contributed by atoms with van der Waals surface area (Å²) in [6, 6.07) is 10.8. The van der Waals surface area contributed by atoms with Crippen LogP contribution in [0, 0.1) is 21.7 Å². The molecule has 0 fully saturated rings. The number of nitrogens with one attached hydrogen (secondary N) is 2. The van der Waals surface area contributed by atoms with Crippen LogP contribution in [0.2, 0.25) is 0 Å². The number of aromatic nitrogens is 3. The largest absolute Gasteiger partial charge is 0.439 e. The van der Waals surface area contributed by atoms with Gasteiger partial charge in [-0.05, 0) is 24.3 Å². The van der Waals surface area contributed by atoms with Crippen molar-refractivity contribution in [2.45, 2.75) is 0 Å². The van der Waals surface area contributed by atoms with Gasteiger partial charge in [-0.1, -0.05) is 0 Å². The molecule has 4 rings (SSSR count). The summed E-state index contributed by atoms with van der Waals surface area (Å²) in [5, 5.41) is 13.4. The highest BCUT2D eigenvalue weighted by Gasteiger charge is 2.10. The van der Waals surface area contributed by atoms with E-state index in [2.05, 4.69) is 20.3 Å². The van der Waals surface area contributed by atoms with Crippen molar-refractivity contribution in [3.05, 3.63) is 76.5 Å². The predicted octanol–water partition coefficient (Wildman–Crippen LogP) is 4.68. The van der Waals surface area contributed by atoms with E-state index < -0.39 is 16.6 Å². The number of benzene rings is 2. The molecule has 0 spiro atoms. The lowest BCUT2D eigenvalue weighted by molar-refractivity contribution is -0.385. The Morgan fingerprint density at radius 1 is 1.11 bits per heavy atom. The number of nitro groups is 1. The van der Waals surface area contributed by atoms with E-state index in [0.29, 0.717) is 16.8 Å². The van der Waals surface area contributed by atoms with E-state index in [1.165, 1.54) is 18.2 Å². The second kappa shape index (κ2) is 6.91. The molecule has 0 atom stereocenters. The number of H-pyrrole nitrogens is 1. The third-order valence-electron chi connectivity index (χ3n) is 3.79. The number of hydrogen-bond acceptors (Lipinski definition) is 6. The Hall–Kier alpha value is -4.08. The topological polar surface area (TPSA) is 106 Å². The van der Waals surface area contributed by atoms with Gasteiger partial charge >= 0.3 is 0 Å². The lowest BCUT2D eigenvalue weighted by Crippen LogP contribution is -1.95. The Bertz CT molecular complexity index is 1180. The number of halogens is 2. The molecule has 10 heteroatoms. The smallest absolute Gasteiger partial charge is 0.287 e. The number of aromatic amines is 1. The average molecular weight is 383 g/mol. The van der Waals surface area contributed by atoms with Crippen molar-refractivity contribution in [3.8, 4) is 11.6 Å². The molecule has 2 heterocycles. The van der Waals surface area contributed by atoms with Crippen molar-refractivity contribution in [1.82, 2.24) is 15.0 Å². The summed E-state index contributed by atoms with van der Waals surface area (Å²) in [7, 11) is 0. The van der Waals surface area contributed by atoms with Gasteiger partial charge in [-0.3, -0.25) is 10.1 Å². The molecule has 0 saturated carbocycles. The van der Waals surface area contributed by atoms with Gasteiger partial charge in [-0.15, -0.1) is 0 Å². The van der Waals surface area contributed by atoms with Gasteiger partial charge in [0.05, 0.1) is 21.6 Å². The molecule has 8 nitrogen and oxygen atoms in total. The van der Waals surface area contributed by atoms with Crippen LogP contribution in [0.3, 0.4) is 0 Å². The van der Waals surface area contributed by atoms with Crippen molar-refractivity contribution in [2.75, 3.05) is 5.32 Å². The third-order valence-corrected chi connectivity index (χ3v) is 3.79. The van der Waals surface area contributed by atoms with Gasteiger partial charge in [0.25, 0.3) is 5.69 Å². The number of nitrogens with zero attached hydrogens (tertiary/aromatic N) is 3. The molecule has 2 N–H and O–H groups in total. The normalized spacial score (nSPS) is 10.8. The fourth-order valence-electron chi connectivity index (χ4n) is 2.49. The first-order chi connectivity index (χ1) is 13.5. The SMILES string of the molecule is O=[N+]([O-])c1ccc(Oc2ccc3nc(Nc4ccc(F)cc4F)[nH]c3c2)nc1. The first-order valence-corrected chi connectivity index (χ1v) is 7.98. The number of fused-ring (bicyclic) bond motifs is 1. The van der Waals surface area contributed by atoms with Crippen LogP contribution in [0.4, 0.5) is 26.1 Å². The third kappa shape index (κ3) is 3.56. The summed E-state index contributed by atoms with van der Waals surface area (Å²) in [4.78, 5) is 21.2. The van der Waals surface area contributed by atoms with E-state index in [1.54, 1.807) is 18.2 Å². The van der Waals surface area contributed by atoms with Crippen LogP contribution in [0.1, 0.15) is 0 Å². The van der Waals surface area contributed by atoms with Gasteiger partial charge in [0, 0.05) is 24.3 Å². The van der Waals surface area contributed by atoms with Gasteiger partial charge in [0.15, 0.2) is 0 Å². The Morgan fingerprint density at radius 2 is 1.96 bits per heavy atom. The number of pyridine rings is 1. The number of rotatable bonds is 5. The van der Waals surface area contributed by atoms with Crippen LogP contribution >= 0.6 is 0 Å². The molecule has 0 saturated heterocycles. The molecule has 28 heavy (non-hydrogen) atoms. The molecule has 0 aliphatic rings. The highest BCUT2D eigenvalue weighted by molar-refractivity contribution is 5.80. The first-order valence-electron chi connectivity index (χ1n) is 7.98. The van der Waals surface area contributed by atoms with E-state index in [-0.39, 0.29) is 23.2 Å². The maximum Gasteiger partial charge on any atom is 0.287 e. The molecular weight excluding hydrogens is 372 g/mol. The van der Waals surface area contributed by atoms with Gasteiger partial charge in [0.2, 0.25) is 11.8 Å². The van der Waals surface area contributed by atoms with Crippen molar-refractivity contribution >= 4 is 28.4 Å². The maximum absolute atomic E-state index is 13.8. The first kappa shape index (κ1) is 17.3. The number of anilines is 2. The molecule has 0 amide bonds. The van der Waals surface area contributed by atoms with Crippen LogP contribution in [-0.4, -0.2) is 19.9 Å². The quantitative estimate of drug-likeness (QED) is 0.383. The number of imidazole rings is 1. The van der Waals surface area contributed by atoms with Gasteiger partial charge in [-0.2, -0.15) is 0 Å². The lowest BCUT2D eigenvalue weighted by atomic mass is 10.3. The minimum Gasteiger partial charge on any atom is -0.439 e. The molecule has 4 aromatic rings. The Balaban J connectivity index is 1.55. The summed E-state index contributed by atoms with van der Waals surface area (Å²) in [5.74, 6) is -0.526. The van der Waals surface area contributed by atoms with Crippen molar-refractivity contribution in [1.29, 1.82) is 0 Å². The Morgan fingerprint density at radius 3 is 2.68 bits per heavy atom. The standard InChI is InChI=1S/C18H11F2N5O3/c19-10-1-4-14(13(20)7-10)22-18-23-15-5-3-12(8-16(15)24-18)28-17-6-2-11(9-21-17)25(26)27/h1-9H,(H2,22,23,24). The highest BCUT2D eigenvalue weighted by Crippen LogP contribution is 2.26. The number of hydrogen-bond donors (Lipinski definition) is 2. The molecule has 2 aromatic carbocycles. The van der Waals surface area contributed by atoms with Gasteiger partial charge < -0.3 is 15.0 Å². The van der Waals surface area contributed by atoms with Crippen molar-refractivity contribution in [3.63, 3.8) is 0 Å². The van der Waals surface area contributed by atoms with Crippen LogP contribution in [0.25, 0.3) is 11.0 Å². The zero-order valence-electron chi connectivity index (χ0n) is 14.0. The van der Waals surface area contributed by atoms with E-state index in [9.17, 15) is 18.9 Å². The molecule has 0 unspecified atom stereocenters. The van der Waals surface area contributed by atoms with E-state index in [0.717, 1.165) is 18.3 Å². The van der Waals surface area contributed by atoms with E-state index in [4.69, 9.17) is 4.74 Å². The Kier molecular flexibility index (Phi) is 4.28. The van der Waals surface area contributed by atoms with Gasteiger partial charge in [0.1, 0.15) is 23.6 Å². The molecule has 0 aliphatic heterocycles. The fourth-order valence-corrected chi connectivity index (χ4v) is 2.49. The van der Waals surface area contributed by atoms with Crippen molar-refractivity contribution < 1.29 is 18.4 Å². The average Bonchev–Trinajstić information content (AvgIpc) is 3.06. The van der Waals surface area contributed by atoms with Crippen LogP contribution in [0.5, 0.6) is 11.6 Å². The fraction of sp³-hybridized carbons (Fsp3) is 0. The molecule has 140 valence electrons. The van der Waals surface area contributed by atoms with Crippen LogP contribution in [0.15, 0.2) is 54.7 Å². The minimum absolute atomic E-state index is 0.0759. The lowest BCUT2D eigenvalue weighted by Gasteiger charge is -2.04. The number of ether oxygens (including phenoxy) is 1. The van der Waals surface area contributed by atoms with Crippen LogP contribution < -0.4 is 10.1 Å². The van der Waals surface area contributed by atoms with Crippen LogP contribution in [-0.2, 0) is 0 Å². The highest BCUT2D eigenvalue weighted by atomic mass is 19.1. The minimum atomic E-state index is -0.742. The molecule has 0 aliphatic carbocycles. The molecule has 0 bridgehead atoms. The summed E-state index contributed by atoms with van der Waals surface area (Å²) in [5.41, 5.74) is 1.13. The summed E-state index contributed by atoms with van der Waals surface area (Å²) < 4.78 is 32.3. The monoisotopic (exact) mass is 383 g/mol. The van der Waals surface area contributed by atoms with E-state index in [1.807, 2.05) is 0 Å². The molecular formula is C18H11F2N5O3. The Labute approximate surface area is 156 Å².